The molecule has 0 aliphatic heterocycles. The summed E-state index contributed by atoms with van der Waals surface area (Å²) in [4.78, 5) is 16.9. The molecule has 0 unspecified atom stereocenters. The Hall–Kier alpha value is -4.09. The molecule has 0 atom stereocenters. The molecule has 1 aliphatic carbocycles. The zero-order chi connectivity index (χ0) is 24.3. The van der Waals surface area contributed by atoms with Crippen LogP contribution in [-0.2, 0) is 10.0 Å². The first-order valence-electron chi connectivity index (χ1n) is 11.0. The van der Waals surface area contributed by atoms with E-state index in [9.17, 15) is 8.42 Å². The number of aryl methyl sites for hydroxylation is 1. The van der Waals surface area contributed by atoms with Gasteiger partial charge < -0.3 is 15.4 Å². The van der Waals surface area contributed by atoms with E-state index in [4.69, 9.17) is 4.74 Å². The number of ether oxygens (including phenoxy) is 1. The lowest BCUT2D eigenvalue weighted by Crippen LogP contribution is -2.25. The number of benzene rings is 2. The molecule has 0 amide bonds. The first-order valence-corrected chi connectivity index (χ1v) is 12.5. The fourth-order valence-corrected chi connectivity index (χ4v) is 4.56. The van der Waals surface area contributed by atoms with E-state index in [1.807, 2.05) is 31.2 Å². The van der Waals surface area contributed by atoms with Gasteiger partial charge in [0, 0.05) is 29.2 Å². The number of sulfonamides is 1. The largest absolute Gasteiger partial charge is 0.454 e. The minimum absolute atomic E-state index is 0.0404. The first-order chi connectivity index (χ1) is 16.9. The number of hydrogen-bond acceptors (Lipinski definition) is 9. The standard InChI is InChI=1S/C24H23N7O3S/c1-16-12-27-24(29-19-3-2-4-22(11-19)35(32,33)31-18-5-6-18)30-23(16)28-17-7-9-20(10-8-17)34-21-13-25-15-26-14-21/h2-4,7-15,18,31H,5-6H2,1H3,(H2,27,28,29,30). The zero-order valence-electron chi connectivity index (χ0n) is 18.8. The molecule has 35 heavy (non-hydrogen) atoms. The Morgan fingerprint density at radius 1 is 0.914 bits per heavy atom. The van der Waals surface area contributed by atoms with Gasteiger partial charge in [-0.15, -0.1) is 0 Å². The molecule has 11 heteroatoms. The molecule has 1 fully saturated rings. The van der Waals surface area contributed by atoms with Crippen LogP contribution in [-0.4, -0.2) is 34.4 Å². The summed E-state index contributed by atoms with van der Waals surface area (Å²) in [5.41, 5.74) is 2.24. The van der Waals surface area contributed by atoms with Gasteiger partial charge in [0.1, 0.15) is 17.9 Å². The van der Waals surface area contributed by atoms with Crippen molar-refractivity contribution in [2.24, 2.45) is 0 Å². The monoisotopic (exact) mass is 489 g/mol. The molecule has 0 radical (unpaired) electrons. The lowest BCUT2D eigenvalue weighted by Gasteiger charge is -2.12. The maximum atomic E-state index is 12.5. The Kier molecular flexibility index (Phi) is 6.25. The smallest absolute Gasteiger partial charge is 0.240 e. The highest BCUT2D eigenvalue weighted by Crippen LogP contribution is 2.26. The maximum absolute atomic E-state index is 12.5. The van der Waals surface area contributed by atoms with E-state index in [1.54, 1.807) is 42.9 Å². The van der Waals surface area contributed by atoms with Gasteiger partial charge in [0.25, 0.3) is 0 Å². The van der Waals surface area contributed by atoms with Crippen molar-refractivity contribution in [2.75, 3.05) is 10.6 Å². The van der Waals surface area contributed by atoms with Gasteiger partial charge in [-0.25, -0.2) is 28.1 Å². The van der Waals surface area contributed by atoms with E-state index in [1.165, 1.54) is 6.33 Å². The first kappa shape index (κ1) is 22.7. The maximum Gasteiger partial charge on any atom is 0.240 e. The van der Waals surface area contributed by atoms with Crippen molar-refractivity contribution in [1.29, 1.82) is 0 Å². The second kappa shape index (κ2) is 9.65. The van der Waals surface area contributed by atoms with Crippen LogP contribution in [0.15, 0.2) is 78.3 Å². The van der Waals surface area contributed by atoms with Crippen LogP contribution in [0.5, 0.6) is 11.5 Å². The van der Waals surface area contributed by atoms with E-state index >= 15 is 0 Å². The lowest BCUT2D eigenvalue weighted by atomic mass is 10.2. The summed E-state index contributed by atoms with van der Waals surface area (Å²) in [6.07, 6.45) is 8.07. The molecule has 2 aromatic carbocycles. The van der Waals surface area contributed by atoms with Crippen LogP contribution < -0.4 is 20.1 Å². The molecule has 10 nitrogen and oxygen atoms in total. The summed E-state index contributed by atoms with van der Waals surface area (Å²) in [6.45, 7) is 1.90. The van der Waals surface area contributed by atoms with Gasteiger partial charge in [-0.3, -0.25) is 0 Å². The van der Waals surface area contributed by atoms with Crippen LogP contribution in [0.25, 0.3) is 0 Å². The predicted molar refractivity (Wildman–Crippen MR) is 132 cm³/mol. The van der Waals surface area contributed by atoms with Gasteiger partial charge >= 0.3 is 0 Å². The molecule has 0 saturated heterocycles. The number of nitrogens with one attached hydrogen (secondary N) is 3. The van der Waals surface area contributed by atoms with Gasteiger partial charge in [-0.2, -0.15) is 4.98 Å². The SMILES string of the molecule is Cc1cnc(Nc2cccc(S(=O)(=O)NC3CC3)c2)nc1Nc1ccc(Oc2cncnc2)cc1. The number of anilines is 4. The topological polar surface area (TPSA) is 131 Å². The van der Waals surface area contributed by atoms with Gasteiger partial charge in [0.15, 0.2) is 5.75 Å². The highest BCUT2D eigenvalue weighted by atomic mass is 32.2. The summed E-state index contributed by atoms with van der Waals surface area (Å²) in [7, 11) is -3.55. The average Bonchev–Trinajstić information content (AvgIpc) is 3.67. The van der Waals surface area contributed by atoms with Crippen molar-refractivity contribution in [3.63, 3.8) is 0 Å². The normalized spacial score (nSPS) is 13.3. The van der Waals surface area contributed by atoms with Gasteiger partial charge in [0.05, 0.1) is 17.3 Å². The molecule has 4 aromatic rings. The minimum Gasteiger partial charge on any atom is -0.454 e. The predicted octanol–water partition coefficient (Wildman–Crippen LogP) is 4.30. The van der Waals surface area contributed by atoms with Crippen molar-refractivity contribution in [2.45, 2.75) is 30.7 Å². The number of hydrogen-bond donors (Lipinski definition) is 3. The second-order valence-corrected chi connectivity index (χ2v) is 9.81. The second-order valence-electron chi connectivity index (χ2n) is 8.10. The third-order valence-corrected chi connectivity index (χ3v) is 6.68. The zero-order valence-corrected chi connectivity index (χ0v) is 19.7. The Balaban J connectivity index is 1.28. The third kappa shape index (κ3) is 5.89. The van der Waals surface area contributed by atoms with Gasteiger partial charge in [-0.1, -0.05) is 6.07 Å². The molecule has 3 N–H and O–H groups in total. The molecule has 178 valence electrons. The van der Waals surface area contributed by atoms with Crippen LogP contribution in [0, 0.1) is 6.92 Å². The van der Waals surface area contributed by atoms with E-state index in [0.717, 1.165) is 24.1 Å². The van der Waals surface area contributed by atoms with Crippen LogP contribution in [0.2, 0.25) is 0 Å². The van der Waals surface area contributed by atoms with E-state index in [-0.39, 0.29) is 10.9 Å². The van der Waals surface area contributed by atoms with Crippen molar-refractivity contribution in [1.82, 2.24) is 24.7 Å². The molecule has 0 bridgehead atoms. The quantitative estimate of drug-likeness (QED) is 0.315. The summed E-state index contributed by atoms with van der Waals surface area (Å²) in [6, 6.07) is 14.0. The van der Waals surface area contributed by atoms with Crippen LogP contribution in [0.3, 0.4) is 0 Å². The molecule has 5 rings (SSSR count). The molecule has 0 spiro atoms. The van der Waals surface area contributed by atoms with Crippen molar-refractivity contribution < 1.29 is 13.2 Å². The Bertz CT molecular complexity index is 1430. The molecule has 1 aliphatic rings. The number of rotatable bonds is 9. The van der Waals surface area contributed by atoms with Crippen molar-refractivity contribution in [3.8, 4) is 11.5 Å². The van der Waals surface area contributed by atoms with Crippen molar-refractivity contribution >= 4 is 33.2 Å². The Morgan fingerprint density at radius 2 is 1.69 bits per heavy atom. The molecule has 2 heterocycles. The van der Waals surface area contributed by atoms with E-state index < -0.39 is 10.0 Å². The van der Waals surface area contributed by atoms with Crippen molar-refractivity contribution in [3.05, 3.63) is 79.0 Å². The molecular formula is C24H23N7O3S. The lowest BCUT2D eigenvalue weighted by molar-refractivity contribution is 0.477. The Morgan fingerprint density at radius 3 is 2.43 bits per heavy atom. The number of nitrogens with zero attached hydrogens (tertiary/aromatic N) is 4. The summed E-state index contributed by atoms with van der Waals surface area (Å²) >= 11 is 0. The summed E-state index contributed by atoms with van der Waals surface area (Å²) in [5.74, 6) is 2.16. The molecule has 2 aromatic heterocycles. The number of aromatic nitrogens is 4. The van der Waals surface area contributed by atoms with E-state index in [0.29, 0.717) is 29.0 Å². The van der Waals surface area contributed by atoms with Crippen LogP contribution >= 0.6 is 0 Å². The van der Waals surface area contributed by atoms with Gasteiger partial charge in [-0.05, 0) is 62.2 Å². The van der Waals surface area contributed by atoms with Crippen LogP contribution in [0.1, 0.15) is 18.4 Å². The average molecular weight is 490 g/mol. The fraction of sp³-hybridized carbons (Fsp3) is 0.167. The van der Waals surface area contributed by atoms with Crippen LogP contribution in [0.4, 0.5) is 23.1 Å². The Labute approximate surface area is 202 Å². The highest BCUT2D eigenvalue weighted by molar-refractivity contribution is 7.89. The van der Waals surface area contributed by atoms with E-state index in [2.05, 4.69) is 35.3 Å². The summed E-state index contributed by atoms with van der Waals surface area (Å²) in [5, 5.41) is 6.37. The fourth-order valence-electron chi connectivity index (χ4n) is 3.20. The third-order valence-electron chi connectivity index (χ3n) is 5.16. The molecular weight excluding hydrogens is 466 g/mol. The van der Waals surface area contributed by atoms with Gasteiger partial charge in [0.2, 0.25) is 16.0 Å². The minimum atomic E-state index is -3.55. The highest BCUT2D eigenvalue weighted by Gasteiger charge is 2.28. The molecule has 1 saturated carbocycles. The summed E-state index contributed by atoms with van der Waals surface area (Å²) < 4.78 is 33.4.